The van der Waals surface area contributed by atoms with Crippen LogP contribution in [0.3, 0.4) is 0 Å². The number of fused-ring (bicyclic) bond motifs is 1. The summed E-state index contributed by atoms with van der Waals surface area (Å²) < 4.78 is 11.6. The third-order valence-electron chi connectivity index (χ3n) is 6.07. The maximum Gasteiger partial charge on any atom is 0.328 e. The maximum atomic E-state index is 13.1. The first-order chi connectivity index (χ1) is 11.9. The molecule has 2 fully saturated rings. The fourth-order valence-corrected chi connectivity index (χ4v) is 5.05. The fourth-order valence-electron chi connectivity index (χ4n) is 3.69. The summed E-state index contributed by atoms with van der Waals surface area (Å²) in [7, 11) is -0.601. The van der Waals surface area contributed by atoms with E-state index in [2.05, 4.69) is 47.7 Å². The quantitative estimate of drug-likeness (QED) is 0.538. The van der Waals surface area contributed by atoms with Crippen LogP contribution in [-0.2, 0) is 14.0 Å². The van der Waals surface area contributed by atoms with Gasteiger partial charge in [-0.15, -0.1) is 0 Å². The number of carbonyl (C=O) groups excluding carboxylic acids is 2. The zero-order valence-corrected chi connectivity index (χ0v) is 18.7. The molecule has 0 bridgehead atoms. The van der Waals surface area contributed by atoms with E-state index in [1.807, 2.05) is 4.90 Å². The molecule has 0 spiro atoms. The van der Waals surface area contributed by atoms with Crippen molar-refractivity contribution in [1.82, 2.24) is 9.80 Å². The highest BCUT2D eigenvalue weighted by Gasteiger charge is 2.53. The van der Waals surface area contributed by atoms with Crippen LogP contribution < -0.4 is 0 Å². The van der Waals surface area contributed by atoms with E-state index in [-0.39, 0.29) is 29.2 Å². The maximum absolute atomic E-state index is 13.1. The first kappa shape index (κ1) is 21.2. The van der Waals surface area contributed by atoms with Gasteiger partial charge in [0.1, 0.15) is 6.04 Å². The molecule has 2 heterocycles. The van der Waals surface area contributed by atoms with Crippen LogP contribution in [0.5, 0.6) is 0 Å². The Bertz CT molecular complexity index is 544. The molecule has 0 aromatic rings. The van der Waals surface area contributed by atoms with Crippen molar-refractivity contribution in [2.24, 2.45) is 5.92 Å². The summed E-state index contributed by atoms with van der Waals surface area (Å²) in [6.45, 7) is 16.7. The smallest absolute Gasteiger partial charge is 0.328 e. The average Bonchev–Trinajstić information content (AvgIpc) is 2.86. The van der Waals surface area contributed by atoms with Crippen molar-refractivity contribution in [3.05, 3.63) is 0 Å². The Morgan fingerprint density at radius 2 is 1.92 bits per heavy atom. The number of hydrogen-bond acceptors (Lipinski definition) is 4. The normalized spacial score (nSPS) is 27.1. The molecular formula is C19H36N2O4Si. The number of nitrogens with zero attached hydrogens (tertiary/aromatic N) is 2. The van der Waals surface area contributed by atoms with E-state index in [0.717, 1.165) is 13.0 Å². The van der Waals surface area contributed by atoms with Crippen LogP contribution in [0.4, 0.5) is 4.79 Å². The number of carbonyl (C=O) groups is 2. The van der Waals surface area contributed by atoms with Crippen LogP contribution >= 0.6 is 0 Å². The van der Waals surface area contributed by atoms with Gasteiger partial charge in [0, 0.05) is 19.5 Å². The van der Waals surface area contributed by atoms with Crippen LogP contribution in [0.25, 0.3) is 0 Å². The molecular weight excluding hydrogens is 348 g/mol. The molecule has 0 saturated carbocycles. The van der Waals surface area contributed by atoms with Crippen molar-refractivity contribution in [1.29, 1.82) is 0 Å². The molecule has 0 N–H and O–H groups in total. The molecule has 2 aliphatic heterocycles. The largest absolute Gasteiger partial charge is 0.467 e. The molecule has 0 radical (unpaired) electrons. The highest BCUT2D eigenvalue weighted by molar-refractivity contribution is 6.74. The summed E-state index contributed by atoms with van der Waals surface area (Å²) in [5, 5.41) is 0.0868. The van der Waals surface area contributed by atoms with Crippen molar-refractivity contribution < 1.29 is 18.8 Å². The van der Waals surface area contributed by atoms with Crippen molar-refractivity contribution in [2.75, 3.05) is 20.2 Å². The lowest BCUT2D eigenvalue weighted by Gasteiger charge is -2.44. The summed E-state index contributed by atoms with van der Waals surface area (Å²) in [6.07, 6.45) is 1.28. The van der Waals surface area contributed by atoms with E-state index in [0.29, 0.717) is 18.9 Å². The van der Waals surface area contributed by atoms with Gasteiger partial charge in [-0.25, -0.2) is 9.59 Å². The molecule has 150 valence electrons. The van der Waals surface area contributed by atoms with E-state index >= 15 is 0 Å². The second kappa shape index (κ2) is 7.50. The molecule has 0 aromatic carbocycles. The predicted molar refractivity (Wildman–Crippen MR) is 105 cm³/mol. The Morgan fingerprint density at radius 1 is 1.31 bits per heavy atom. The molecule has 0 aliphatic carbocycles. The zero-order valence-electron chi connectivity index (χ0n) is 17.7. The molecule has 2 saturated heterocycles. The minimum absolute atomic E-state index is 0.0378. The predicted octanol–water partition coefficient (Wildman–Crippen LogP) is 3.47. The van der Waals surface area contributed by atoms with E-state index in [4.69, 9.17) is 9.16 Å². The summed E-state index contributed by atoms with van der Waals surface area (Å²) in [6, 6.07) is -0.627. The highest BCUT2D eigenvalue weighted by atomic mass is 28.4. The first-order valence-corrected chi connectivity index (χ1v) is 12.6. The Labute approximate surface area is 159 Å². The molecule has 6 nitrogen and oxygen atoms in total. The average molecular weight is 385 g/mol. The number of esters is 1. The van der Waals surface area contributed by atoms with Gasteiger partial charge in [0.15, 0.2) is 8.32 Å². The third-order valence-corrected chi connectivity index (χ3v) is 10.6. The van der Waals surface area contributed by atoms with Gasteiger partial charge >= 0.3 is 12.0 Å². The standard InChI is InChI=1S/C19H36N2O4Si/c1-13(2)12-20-10-9-14-16(25-26(7,8)19(3,4)5)11-15(17(22)24-6)21(14)18(20)23/h13-16H,9-12H2,1-8H3/t14-,15+,16-/m1/s1. The van der Waals surface area contributed by atoms with Crippen LogP contribution in [0.15, 0.2) is 0 Å². The van der Waals surface area contributed by atoms with E-state index in [9.17, 15) is 9.59 Å². The van der Waals surface area contributed by atoms with Crippen molar-refractivity contribution in [2.45, 2.75) is 83.8 Å². The summed E-state index contributed by atoms with van der Waals surface area (Å²) in [5.74, 6) is 0.0602. The zero-order chi connectivity index (χ0) is 19.9. The fraction of sp³-hybridized carbons (Fsp3) is 0.895. The summed E-state index contributed by atoms with van der Waals surface area (Å²) >= 11 is 0. The Morgan fingerprint density at radius 3 is 2.42 bits per heavy atom. The number of methoxy groups -OCH3 is 1. The lowest BCUT2D eigenvalue weighted by atomic mass is 10.1. The van der Waals surface area contributed by atoms with E-state index < -0.39 is 14.4 Å². The lowest BCUT2D eigenvalue weighted by Crippen LogP contribution is -2.58. The first-order valence-electron chi connectivity index (χ1n) is 9.72. The van der Waals surface area contributed by atoms with Crippen molar-refractivity contribution >= 4 is 20.3 Å². The molecule has 0 unspecified atom stereocenters. The Balaban J connectivity index is 2.26. The molecule has 2 aliphatic rings. The van der Waals surface area contributed by atoms with Crippen molar-refractivity contribution in [3.63, 3.8) is 0 Å². The summed E-state index contributed by atoms with van der Waals surface area (Å²) in [4.78, 5) is 29.1. The Hall–Kier alpha value is -1.08. The lowest BCUT2D eigenvalue weighted by molar-refractivity contribution is -0.145. The van der Waals surface area contributed by atoms with Gasteiger partial charge in [0.05, 0.1) is 19.3 Å². The molecule has 2 rings (SSSR count). The van der Waals surface area contributed by atoms with Crippen LogP contribution in [0, 0.1) is 5.92 Å². The number of rotatable bonds is 5. The van der Waals surface area contributed by atoms with E-state index in [1.165, 1.54) is 7.11 Å². The van der Waals surface area contributed by atoms with Gasteiger partial charge in [-0.1, -0.05) is 34.6 Å². The van der Waals surface area contributed by atoms with E-state index in [1.54, 1.807) is 4.90 Å². The van der Waals surface area contributed by atoms with Gasteiger partial charge in [-0.2, -0.15) is 0 Å². The number of urea groups is 1. The van der Waals surface area contributed by atoms with Gasteiger partial charge in [0.2, 0.25) is 0 Å². The second-order valence-electron chi connectivity index (χ2n) is 9.58. The third kappa shape index (κ3) is 4.08. The molecule has 3 atom stereocenters. The SMILES string of the molecule is COC(=O)[C@@H]1C[C@@H](O[Si](C)(C)C(C)(C)C)[C@H]2CCN(CC(C)C)C(=O)N21. The Kier molecular flexibility index (Phi) is 6.12. The molecule has 2 amide bonds. The van der Waals surface area contributed by atoms with Gasteiger partial charge in [-0.3, -0.25) is 0 Å². The number of ether oxygens (including phenoxy) is 1. The molecule has 7 heteroatoms. The summed E-state index contributed by atoms with van der Waals surface area (Å²) in [5.41, 5.74) is 0. The topological polar surface area (TPSA) is 59.1 Å². The van der Waals surface area contributed by atoms with Crippen LogP contribution in [0.2, 0.25) is 18.1 Å². The molecule has 0 aromatic heterocycles. The highest BCUT2D eigenvalue weighted by Crippen LogP contribution is 2.42. The van der Waals surface area contributed by atoms with Gasteiger partial charge < -0.3 is 19.0 Å². The second-order valence-corrected chi connectivity index (χ2v) is 14.3. The van der Waals surface area contributed by atoms with Gasteiger partial charge in [-0.05, 0) is 30.5 Å². The monoisotopic (exact) mass is 384 g/mol. The van der Waals surface area contributed by atoms with Crippen molar-refractivity contribution in [3.8, 4) is 0 Å². The molecule has 26 heavy (non-hydrogen) atoms. The van der Waals surface area contributed by atoms with Crippen LogP contribution in [0.1, 0.15) is 47.5 Å². The minimum Gasteiger partial charge on any atom is -0.467 e. The van der Waals surface area contributed by atoms with Crippen LogP contribution in [-0.4, -0.2) is 68.5 Å². The number of hydrogen-bond donors (Lipinski definition) is 0. The minimum atomic E-state index is -1.99. The number of amides is 2. The van der Waals surface area contributed by atoms with Gasteiger partial charge in [0.25, 0.3) is 0 Å².